The van der Waals surface area contributed by atoms with E-state index >= 15 is 0 Å². The number of aliphatic hydroxyl groups is 2. The van der Waals surface area contributed by atoms with Gasteiger partial charge in [0.2, 0.25) is 0 Å². The highest BCUT2D eigenvalue weighted by Crippen LogP contribution is 2.26. The zero-order valence-corrected chi connectivity index (χ0v) is 10.4. The van der Waals surface area contributed by atoms with Crippen molar-refractivity contribution < 1.29 is 24.4 Å². The van der Waals surface area contributed by atoms with E-state index in [1.54, 1.807) is 0 Å². The van der Waals surface area contributed by atoms with Gasteiger partial charge in [0, 0.05) is 12.8 Å². The quantitative estimate of drug-likeness (QED) is 0.753. The highest BCUT2D eigenvalue weighted by Gasteiger charge is 2.33. The number of hydrogen-bond acceptors (Lipinski definition) is 5. The van der Waals surface area contributed by atoms with Gasteiger partial charge in [-0.25, -0.2) is 0 Å². The molecule has 5 heteroatoms. The molecule has 6 atom stereocenters. The Morgan fingerprint density at radius 1 is 0.941 bits per heavy atom. The van der Waals surface area contributed by atoms with Crippen LogP contribution in [0.4, 0.5) is 0 Å². The van der Waals surface area contributed by atoms with Crippen LogP contribution in [0.5, 0.6) is 0 Å². The second-order valence-electron chi connectivity index (χ2n) is 4.96. The van der Waals surface area contributed by atoms with E-state index < -0.39 is 12.4 Å². The molecule has 2 rings (SSSR count). The molecule has 2 saturated heterocycles. The molecule has 0 spiro atoms. The van der Waals surface area contributed by atoms with Gasteiger partial charge in [0.15, 0.2) is 12.6 Å². The Morgan fingerprint density at radius 2 is 1.71 bits per heavy atom. The van der Waals surface area contributed by atoms with Crippen LogP contribution in [0, 0.1) is 0 Å². The SMILES string of the molecule is C[C@@H]1O[C@@H](O)CC[C@@H]1O[C@H]1CC[C@H](O)[C@H](C)O1. The molecule has 5 nitrogen and oxygen atoms in total. The summed E-state index contributed by atoms with van der Waals surface area (Å²) in [6, 6.07) is 0. The zero-order valence-electron chi connectivity index (χ0n) is 10.4. The summed E-state index contributed by atoms with van der Waals surface area (Å²) in [6.07, 6.45) is 1.12. The Balaban J connectivity index is 1.81. The van der Waals surface area contributed by atoms with Crippen LogP contribution in [0.1, 0.15) is 39.5 Å². The monoisotopic (exact) mass is 246 g/mol. The van der Waals surface area contributed by atoms with Gasteiger partial charge in [-0.2, -0.15) is 0 Å². The highest BCUT2D eigenvalue weighted by atomic mass is 16.7. The summed E-state index contributed by atoms with van der Waals surface area (Å²) in [4.78, 5) is 0. The van der Waals surface area contributed by atoms with Crippen LogP contribution in [-0.4, -0.2) is 47.2 Å². The first kappa shape index (κ1) is 13.2. The van der Waals surface area contributed by atoms with Gasteiger partial charge in [-0.3, -0.25) is 0 Å². The van der Waals surface area contributed by atoms with Crippen LogP contribution >= 0.6 is 0 Å². The average molecular weight is 246 g/mol. The van der Waals surface area contributed by atoms with Gasteiger partial charge in [0.05, 0.1) is 24.4 Å². The van der Waals surface area contributed by atoms with Crippen molar-refractivity contribution >= 4 is 0 Å². The lowest BCUT2D eigenvalue weighted by Gasteiger charge is -2.38. The van der Waals surface area contributed by atoms with E-state index in [0.717, 1.165) is 6.42 Å². The average Bonchev–Trinajstić information content (AvgIpc) is 2.27. The van der Waals surface area contributed by atoms with Crippen LogP contribution < -0.4 is 0 Å². The maximum absolute atomic E-state index is 9.55. The molecule has 0 aromatic heterocycles. The van der Waals surface area contributed by atoms with Crippen molar-refractivity contribution in [2.24, 2.45) is 0 Å². The Morgan fingerprint density at radius 3 is 2.35 bits per heavy atom. The molecule has 2 aliphatic rings. The van der Waals surface area contributed by atoms with Crippen molar-refractivity contribution in [1.29, 1.82) is 0 Å². The third-order valence-corrected chi connectivity index (χ3v) is 3.53. The molecule has 2 aliphatic heterocycles. The predicted octanol–water partition coefficient (Wildman–Crippen LogP) is 0.775. The molecule has 0 saturated carbocycles. The Labute approximate surface area is 102 Å². The van der Waals surface area contributed by atoms with Gasteiger partial charge in [-0.15, -0.1) is 0 Å². The van der Waals surface area contributed by atoms with Crippen LogP contribution in [0.3, 0.4) is 0 Å². The van der Waals surface area contributed by atoms with E-state index in [1.807, 2.05) is 13.8 Å². The lowest BCUT2D eigenvalue weighted by Crippen LogP contribution is -2.44. The minimum absolute atomic E-state index is 0.0363. The molecule has 2 N–H and O–H groups in total. The summed E-state index contributed by atoms with van der Waals surface area (Å²) < 4.78 is 16.7. The van der Waals surface area contributed by atoms with Crippen molar-refractivity contribution in [2.75, 3.05) is 0 Å². The maximum atomic E-state index is 9.55. The predicted molar refractivity (Wildman–Crippen MR) is 60.2 cm³/mol. The lowest BCUT2D eigenvalue weighted by molar-refractivity contribution is -0.274. The Kier molecular flexibility index (Phi) is 4.38. The molecule has 0 aliphatic carbocycles. The summed E-state index contributed by atoms with van der Waals surface area (Å²) in [6.45, 7) is 3.75. The molecule has 0 aromatic rings. The second kappa shape index (κ2) is 5.63. The van der Waals surface area contributed by atoms with E-state index in [2.05, 4.69) is 0 Å². The molecular weight excluding hydrogens is 224 g/mol. The summed E-state index contributed by atoms with van der Waals surface area (Å²) in [5.41, 5.74) is 0. The first-order chi connectivity index (χ1) is 8.06. The van der Waals surface area contributed by atoms with Gasteiger partial charge in [-0.1, -0.05) is 0 Å². The number of hydrogen-bond donors (Lipinski definition) is 2. The van der Waals surface area contributed by atoms with Crippen LogP contribution in [0.25, 0.3) is 0 Å². The van der Waals surface area contributed by atoms with Crippen LogP contribution in [0.2, 0.25) is 0 Å². The topological polar surface area (TPSA) is 68.2 Å². The van der Waals surface area contributed by atoms with E-state index in [1.165, 1.54) is 0 Å². The van der Waals surface area contributed by atoms with Crippen molar-refractivity contribution in [3.05, 3.63) is 0 Å². The van der Waals surface area contributed by atoms with Crippen molar-refractivity contribution in [3.8, 4) is 0 Å². The molecule has 0 bridgehead atoms. The number of rotatable bonds is 2. The molecule has 100 valence electrons. The fourth-order valence-electron chi connectivity index (χ4n) is 2.36. The van der Waals surface area contributed by atoms with Gasteiger partial charge < -0.3 is 24.4 Å². The summed E-state index contributed by atoms with van der Waals surface area (Å²) in [5, 5.41) is 18.9. The third kappa shape index (κ3) is 3.39. The largest absolute Gasteiger partial charge is 0.390 e. The van der Waals surface area contributed by atoms with Gasteiger partial charge in [-0.05, 0) is 26.7 Å². The van der Waals surface area contributed by atoms with Crippen LogP contribution in [-0.2, 0) is 14.2 Å². The number of aliphatic hydroxyl groups excluding tert-OH is 2. The first-order valence-corrected chi connectivity index (χ1v) is 6.38. The van der Waals surface area contributed by atoms with E-state index in [0.29, 0.717) is 19.3 Å². The summed E-state index contributed by atoms with van der Waals surface area (Å²) in [5.74, 6) is 0. The molecule has 17 heavy (non-hydrogen) atoms. The van der Waals surface area contributed by atoms with Crippen molar-refractivity contribution in [3.63, 3.8) is 0 Å². The fraction of sp³-hybridized carbons (Fsp3) is 1.00. The second-order valence-corrected chi connectivity index (χ2v) is 4.96. The molecule has 2 fully saturated rings. The minimum atomic E-state index is -0.669. The highest BCUT2D eigenvalue weighted by molar-refractivity contribution is 4.76. The minimum Gasteiger partial charge on any atom is -0.390 e. The van der Waals surface area contributed by atoms with E-state index in [-0.39, 0.29) is 24.6 Å². The molecule has 0 radical (unpaired) electrons. The Bertz CT molecular complexity index is 247. The fourth-order valence-corrected chi connectivity index (χ4v) is 2.36. The summed E-state index contributed by atoms with van der Waals surface area (Å²) >= 11 is 0. The normalized spacial score (nSPS) is 48.0. The van der Waals surface area contributed by atoms with E-state index in [4.69, 9.17) is 14.2 Å². The Hall–Kier alpha value is -0.200. The van der Waals surface area contributed by atoms with Crippen LogP contribution in [0.15, 0.2) is 0 Å². The van der Waals surface area contributed by atoms with E-state index in [9.17, 15) is 10.2 Å². The van der Waals surface area contributed by atoms with Gasteiger partial charge in [0.25, 0.3) is 0 Å². The molecule has 2 heterocycles. The first-order valence-electron chi connectivity index (χ1n) is 6.38. The number of ether oxygens (including phenoxy) is 3. The lowest BCUT2D eigenvalue weighted by atomic mass is 10.0. The van der Waals surface area contributed by atoms with Crippen molar-refractivity contribution in [2.45, 2.75) is 76.5 Å². The summed E-state index contributed by atoms with van der Waals surface area (Å²) in [7, 11) is 0. The maximum Gasteiger partial charge on any atom is 0.158 e. The molecule has 0 aromatic carbocycles. The van der Waals surface area contributed by atoms with Gasteiger partial charge >= 0.3 is 0 Å². The smallest absolute Gasteiger partial charge is 0.158 e. The van der Waals surface area contributed by atoms with Gasteiger partial charge in [0.1, 0.15) is 0 Å². The molecular formula is C12H22O5. The third-order valence-electron chi connectivity index (χ3n) is 3.53. The molecule has 0 amide bonds. The standard InChI is InChI=1S/C12H22O5/c1-7-9(13)3-6-12(16-7)17-10-4-5-11(14)15-8(10)2/h7-14H,3-6H2,1-2H3/t7-,8-,9-,10-,11+,12-/m0/s1. The van der Waals surface area contributed by atoms with Crippen molar-refractivity contribution in [1.82, 2.24) is 0 Å². The molecule has 0 unspecified atom stereocenters. The zero-order chi connectivity index (χ0) is 12.4.